The Morgan fingerprint density at radius 3 is 2.21 bits per heavy atom. The van der Waals surface area contributed by atoms with E-state index in [2.05, 4.69) is 17.1 Å². The van der Waals surface area contributed by atoms with Gasteiger partial charge in [0.25, 0.3) is 9.70 Å². The average Bonchev–Trinajstić information content (AvgIpc) is 3.40. The Hall–Kier alpha value is -1.91. The Morgan fingerprint density at radius 1 is 1.00 bits per heavy atom. The van der Waals surface area contributed by atoms with Crippen LogP contribution in [-0.4, -0.2) is 56.5 Å². The Kier molecular flexibility index (Phi) is 10.8. The first-order valence-corrected chi connectivity index (χ1v) is 15.3. The minimum absolute atomic E-state index is 0.0301. The Balaban J connectivity index is 1.54. The fourth-order valence-electron chi connectivity index (χ4n) is 5.32. The molecule has 230 valence electrons. The SMILES string of the molecule is C[C@H]1[C@@H](CN2CCC[C@H]2C(=O)OC(C)(C)C)O[C@@H](c2ccc(CNC(=O)C(Cl)(Cl)Cl)cc2)O[C@H]1c1ccc(CO)cc1. The number of esters is 1. The number of nitrogens with zero attached hydrogens (tertiary/aromatic N) is 1. The number of halogens is 3. The minimum atomic E-state index is -2.03. The van der Waals surface area contributed by atoms with E-state index in [4.69, 9.17) is 49.0 Å². The molecule has 2 aliphatic rings. The zero-order chi connectivity index (χ0) is 30.7. The number of hydrogen-bond acceptors (Lipinski definition) is 7. The molecule has 2 aromatic rings. The van der Waals surface area contributed by atoms with Gasteiger partial charge in [0.1, 0.15) is 11.6 Å². The molecule has 2 aliphatic heterocycles. The predicted molar refractivity (Wildman–Crippen MR) is 162 cm³/mol. The number of alkyl halides is 3. The van der Waals surface area contributed by atoms with Crippen LogP contribution in [0.3, 0.4) is 0 Å². The van der Waals surface area contributed by atoms with E-state index in [0.717, 1.165) is 41.6 Å². The summed E-state index contributed by atoms with van der Waals surface area (Å²) in [5, 5.41) is 12.1. The summed E-state index contributed by atoms with van der Waals surface area (Å²) in [5.41, 5.74) is 2.87. The second kappa shape index (κ2) is 13.8. The lowest BCUT2D eigenvalue weighted by Crippen LogP contribution is -2.48. The normalized spacial score (nSPS) is 25.3. The van der Waals surface area contributed by atoms with Crippen LogP contribution in [-0.2, 0) is 37.0 Å². The number of carbonyl (C=O) groups is 2. The second-order valence-corrected chi connectivity index (χ2v) is 14.2. The number of hydrogen-bond donors (Lipinski definition) is 2. The lowest BCUT2D eigenvalue weighted by molar-refractivity contribution is -0.276. The first-order chi connectivity index (χ1) is 19.7. The van der Waals surface area contributed by atoms with Crippen LogP contribution in [0, 0.1) is 5.92 Å². The van der Waals surface area contributed by atoms with Crippen LogP contribution in [0.5, 0.6) is 0 Å². The number of carbonyl (C=O) groups excluding carboxylic acids is 2. The molecule has 11 heteroatoms. The Labute approximate surface area is 262 Å². The van der Waals surface area contributed by atoms with E-state index < -0.39 is 21.6 Å². The van der Waals surface area contributed by atoms with Crippen LogP contribution in [0.4, 0.5) is 0 Å². The number of rotatable bonds is 8. The molecule has 2 heterocycles. The summed E-state index contributed by atoms with van der Waals surface area (Å²) in [6.45, 7) is 9.23. The minimum Gasteiger partial charge on any atom is -0.459 e. The number of benzene rings is 2. The van der Waals surface area contributed by atoms with Crippen molar-refractivity contribution in [3.05, 3.63) is 70.8 Å². The van der Waals surface area contributed by atoms with Gasteiger partial charge in [-0.05, 0) is 56.8 Å². The standard InChI is InChI=1S/C31H39Cl3N2O6/c1-19-25(17-36-15-5-6-24(36)27(38)42-30(2,3)4)40-28(41-26(19)22-11-9-21(18-37)10-12-22)23-13-7-20(8-14-23)16-35-29(39)31(32,33)34/h7-14,19,24-26,28,37H,5-6,15-18H2,1-4H3,(H,35,39)/t19-,24-,25+,26+,28+/m0/s1. The molecule has 2 saturated heterocycles. The molecule has 0 aliphatic carbocycles. The summed E-state index contributed by atoms with van der Waals surface area (Å²) in [6, 6.07) is 14.9. The van der Waals surface area contributed by atoms with Crippen molar-refractivity contribution < 1.29 is 28.9 Å². The van der Waals surface area contributed by atoms with E-state index in [9.17, 15) is 14.7 Å². The highest BCUT2D eigenvalue weighted by atomic mass is 35.6. The van der Waals surface area contributed by atoms with Crippen LogP contribution < -0.4 is 5.32 Å². The summed E-state index contributed by atoms with van der Waals surface area (Å²) in [5.74, 6) is -0.934. The summed E-state index contributed by atoms with van der Waals surface area (Å²) in [6.07, 6.45) is 0.469. The third-order valence-corrected chi connectivity index (χ3v) is 8.06. The smallest absolute Gasteiger partial charge is 0.323 e. The summed E-state index contributed by atoms with van der Waals surface area (Å²) in [4.78, 5) is 27.1. The van der Waals surface area contributed by atoms with Crippen molar-refractivity contribution in [3.8, 4) is 0 Å². The van der Waals surface area contributed by atoms with Crippen molar-refractivity contribution in [3.63, 3.8) is 0 Å². The molecule has 2 N–H and O–H groups in total. The first-order valence-electron chi connectivity index (χ1n) is 14.2. The van der Waals surface area contributed by atoms with Crippen molar-refractivity contribution >= 4 is 46.7 Å². The predicted octanol–water partition coefficient (Wildman–Crippen LogP) is 5.76. The summed E-state index contributed by atoms with van der Waals surface area (Å²) in [7, 11) is 0. The second-order valence-electron chi connectivity index (χ2n) is 11.9. The topological polar surface area (TPSA) is 97.3 Å². The molecular weight excluding hydrogens is 603 g/mol. The number of likely N-dealkylation sites (tertiary alicyclic amines) is 1. The van der Waals surface area contributed by atoms with Gasteiger partial charge >= 0.3 is 5.97 Å². The van der Waals surface area contributed by atoms with Crippen molar-refractivity contribution in [2.45, 2.75) is 87.6 Å². The van der Waals surface area contributed by atoms with Crippen LogP contribution in [0.1, 0.15) is 75.2 Å². The van der Waals surface area contributed by atoms with E-state index in [1.54, 1.807) is 0 Å². The quantitative estimate of drug-likeness (QED) is 0.279. The van der Waals surface area contributed by atoms with Crippen molar-refractivity contribution in [1.82, 2.24) is 10.2 Å². The van der Waals surface area contributed by atoms with Gasteiger partial charge in [-0.3, -0.25) is 14.5 Å². The van der Waals surface area contributed by atoms with Crippen LogP contribution >= 0.6 is 34.8 Å². The highest BCUT2D eigenvalue weighted by Crippen LogP contribution is 2.42. The molecule has 42 heavy (non-hydrogen) atoms. The van der Waals surface area contributed by atoms with E-state index in [1.807, 2.05) is 69.3 Å². The van der Waals surface area contributed by atoms with Crippen LogP contribution in [0.15, 0.2) is 48.5 Å². The number of aliphatic hydroxyl groups excluding tert-OH is 1. The molecule has 0 unspecified atom stereocenters. The molecule has 8 nitrogen and oxygen atoms in total. The largest absolute Gasteiger partial charge is 0.459 e. The number of nitrogens with one attached hydrogen (secondary N) is 1. The van der Waals surface area contributed by atoms with Crippen LogP contribution in [0.2, 0.25) is 0 Å². The molecule has 0 radical (unpaired) electrons. The summed E-state index contributed by atoms with van der Waals surface area (Å²) < 4.78 is 16.8. The number of aliphatic hydroxyl groups is 1. The van der Waals surface area contributed by atoms with Gasteiger partial charge in [-0.25, -0.2) is 0 Å². The Morgan fingerprint density at radius 2 is 1.62 bits per heavy atom. The van der Waals surface area contributed by atoms with E-state index >= 15 is 0 Å². The van der Waals surface area contributed by atoms with Gasteiger partial charge in [0.05, 0.1) is 18.8 Å². The van der Waals surface area contributed by atoms with Crippen molar-refractivity contribution in [1.29, 1.82) is 0 Å². The maximum atomic E-state index is 13.0. The van der Waals surface area contributed by atoms with Gasteiger partial charge in [0.2, 0.25) is 0 Å². The maximum absolute atomic E-state index is 13.0. The van der Waals surface area contributed by atoms with Gasteiger partial charge < -0.3 is 24.6 Å². The van der Waals surface area contributed by atoms with Gasteiger partial charge in [0, 0.05) is 24.6 Å². The van der Waals surface area contributed by atoms with E-state index in [-0.39, 0.29) is 43.3 Å². The molecule has 4 rings (SSSR count). The fraction of sp³-hybridized carbons (Fsp3) is 0.548. The molecule has 0 spiro atoms. The molecule has 0 bridgehead atoms. The van der Waals surface area contributed by atoms with Gasteiger partial charge in [-0.15, -0.1) is 0 Å². The molecular formula is C31H39Cl3N2O6. The van der Waals surface area contributed by atoms with E-state index in [1.165, 1.54) is 0 Å². The van der Waals surface area contributed by atoms with Crippen molar-refractivity contribution in [2.24, 2.45) is 5.92 Å². The summed E-state index contributed by atoms with van der Waals surface area (Å²) >= 11 is 16.9. The zero-order valence-corrected chi connectivity index (χ0v) is 26.6. The molecule has 5 atom stereocenters. The lowest BCUT2D eigenvalue weighted by Gasteiger charge is -2.43. The number of amides is 1. The molecule has 0 aromatic heterocycles. The molecule has 0 saturated carbocycles. The van der Waals surface area contributed by atoms with Gasteiger partial charge in [-0.1, -0.05) is 90.3 Å². The highest BCUT2D eigenvalue weighted by molar-refractivity contribution is 6.76. The number of ether oxygens (including phenoxy) is 3. The van der Waals surface area contributed by atoms with Crippen molar-refractivity contribution in [2.75, 3.05) is 13.1 Å². The zero-order valence-electron chi connectivity index (χ0n) is 24.3. The highest BCUT2D eigenvalue weighted by Gasteiger charge is 2.42. The lowest BCUT2D eigenvalue weighted by atomic mass is 9.90. The van der Waals surface area contributed by atoms with Gasteiger partial charge in [0.15, 0.2) is 6.29 Å². The molecule has 2 aromatic carbocycles. The first kappa shape index (κ1) is 33.0. The maximum Gasteiger partial charge on any atom is 0.323 e. The third-order valence-electron chi connectivity index (χ3n) is 7.54. The average molecular weight is 642 g/mol. The molecule has 1 amide bonds. The van der Waals surface area contributed by atoms with E-state index in [0.29, 0.717) is 6.54 Å². The van der Waals surface area contributed by atoms with Crippen LogP contribution in [0.25, 0.3) is 0 Å². The Bertz CT molecular complexity index is 1210. The fourth-order valence-corrected chi connectivity index (χ4v) is 5.52. The monoisotopic (exact) mass is 640 g/mol. The van der Waals surface area contributed by atoms with Gasteiger partial charge in [-0.2, -0.15) is 0 Å². The molecule has 2 fully saturated rings. The third kappa shape index (κ3) is 8.59.